The zero-order valence-electron chi connectivity index (χ0n) is 14.0. The first-order valence-corrected chi connectivity index (χ1v) is 9.15. The molecule has 0 saturated carbocycles. The summed E-state index contributed by atoms with van der Waals surface area (Å²) in [7, 11) is 0. The predicted molar refractivity (Wildman–Crippen MR) is 89.7 cm³/mol. The average Bonchev–Trinajstić information content (AvgIpc) is 2.92. The number of hydrogen-bond donors (Lipinski definition) is 2. The summed E-state index contributed by atoms with van der Waals surface area (Å²) in [6.45, 7) is 3.15. The summed E-state index contributed by atoms with van der Waals surface area (Å²) in [5.74, 6) is -1.40. The molecular weight excluding hydrogens is 326 g/mol. The molecule has 3 atom stereocenters. The highest BCUT2D eigenvalue weighted by Crippen LogP contribution is 2.37. The number of anilines is 1. The van der Waals surface area contributed by atoms with E-state index in [-0.39, 0.29) is 29.7 Å². The lowest BCUT2D eigenvalue weighted by Crippen LogP contribution is -2.67. The molecule has 5 nitrogen and oxygen atoms in total. The molecule has 6 rings (SSSR count). The Kier molecular flexibility index (Phi) is 3.50. The van der Waals surface area contributed by atoms with Gasteiger partial charge in [0.2, 0.25) is 0 Å². The van der Waals surface area contributed by atoms with E-state index in [2.05, 4.69) is 10.6 Å². The van der Waals surface area contributed by atoms with Gasteiger partial charge in [-0.25, -0.2) is 8.78 Å². The van der Waals surface area contributed by atoms with E-state index < -0.39 is 11.6 Å². The van der Waals surface area contributed by atoms with Gasteiger partial charge in [-0.15, -0.1) is 0 Å². The third-order valence-corrected chi connectivity index (χ3v) is 6.06. The number of rotatable bonds is 2. The van der Waals surface area contributed by atoms with Gasteiger partial charge in [0.15, 0.2) is 5.82 Å². The Hall–Kier alpha value is -1.73. The molecule has 2 bridgehead atoms. The van der Waals surface area contributed by atoms with Crippen molar-refractivity contribution in [3.05, 3.63) is 28.8 Å². The van der Waals surface area contributed by atoms with Crippen LogP contribution in [0.25, 0.3) is 0 Å². The molecule has 0 radical (unpaired) electrons. The number of carbonyl (C=O) groups is 1. The molecule has 25 heavy (non-hydrogen) atoms. The fourth-order valence-corrected chi connectivity index (χ4v) is 4.77. The number of benzene rings is 1. The third-order valence-electron chi connectivity index (χ3n) is 6.06. The summed E-state index contributed by atoms with van der Waals surface area (Å²) in [5, 5.41) is 6.65. The van der Waals surface area contributed by atoms with Gasteiger partial charge < -0.3 is 20.4 Å². The minimum atomic E-state index is -0.616. The van der Waals surface area contributed by atoms with Gasteiger partial charge >= 0.3 is 0 Å². The summed E-state index contributed by atoms with van der Waals surface area (Å²) < 4.78 is 29.9. The molecule has 1 aromatic carbocycles. The quantitative estimate of drug-likeness (QED) is 0.844. The number of hydrogen-bond acceptors (Lipinski definition) is 4. The van der Waals surface area contributed by atoms with Crippen LogP contribution in [0.15, 0.2) is 6.07 Å². The molecule has 7 heteroatoms. The lowest BCUT2D eigenvalue weighted by Gasteiger charge is -2.49. The first-order chi connectivity index (χ1) is 12.1. The number of nitrogens with one attached hydrogen (secondary N) is 2. The highest BCUT2D eigenvalue weighted by atomic mass is 19.1. The van der Waals surface area contributed by atoms with Crippen LogP contribution in [0.1, 0.15) is 35.2 Å². The summed E-state index contributed by atoms with van der Waals surface area (Å²) in [6.07, 6.45) is 2.98. The van der Waals surface area contributed by atoms with Gasteiger partial charge in [-0.2, -0.15) is 0 Å². The molecule has 5 aliphatic heterocycles. The molecule has 0 aliphatic carbocycles. The number of amides is 1. The SMILES string of the molecule is O=C1c2cc(F)c(N3CC4CC(C3)N4)c(F)c2CN1C1CCCNC1. The number of fused-ring (bicyclic) bond motifs is 3. The number of halogens is 2. The Morgan fingerprint density at radius 1 is 1.20 bits per heavy atom. The Bertz CT molecular complexity index is 718. The summed E-state index contributed by atoms with van der Waals surface area (Å²) in [4.78, 5) is 16.2. The zero-order valence-corrected chi connectivity index (χ0v) is 14.0. The molecule has 0 aromatic heterocycles. The Labute approximate surface area is 145 Å². The van der Waals surface area contributed by atoms with Gasteiger partial charge in [-0.05, 0) is 31.9 Å². The van der Waals surface area contributed by atoms with Gasteiger partial charge in [0.25, 0.3) is 5.91 Å². The third kappa shape index (κ3) is 2.36. The van der Waals surface area contributed by atoms with Crippen molar-refractivity contribution in [1.29, 1.82) is 0 Å². The van der Waals surface area contributed by atoms with E-state index in [0.717, 1.165) is 32.4 Å². The summed E-state index contributed by atoms with van der Waals surface area (Å²) in [6, 6.07) is 1.95. The lowest BCUT2D eigenvalue weighted by molar-refractivity contribution is 0.0674. The van der Waals surface area contributed by atoms with Crippen molar-refractivity contribution < 1.29 is 13.6 Å². The van der Waals surface area contributed by atoms with Crippen molar-refractivity contribution in [2.75, 3.05) is 31.1 Å². The van der Waals surface area contributed by atoms with Crippen molar-refractivity contribution in [1.82, 2.24) is 15.5 Å². The highest BCUT2D eigenvalue weighted by Gasteiger charge is 2.41. The number of nitrogens with zero attached hydrogens (tertiary/aromatic N) is 2. The molecule has 1 aromatic rings. The van der Waals surface area contributed by atoms with E-state index in [0.29, 0.717) is 30.7 Å². The molecule has 4 fully saturated rings. The first kappa shape index (κ1) is 15.5. The number of piperazine rings is 1. The molecule has 2 N–H and O–H groups in total. The topological polar surface area (TPSA) is 47.6 Å². The maximum absolute atomic E-state index is 15.2. The predicted octanol–water partition coefficient (Wildman–Crippen LogP) is 1.22. The summed E-state index contributed by atoms with van der Waals surface area (Å²) >= 11 is 0. The maximum Gasteiger partial charge on any atom is 0.255 e. The van der Waals surface area contributed by atoms with Crippen molar-refractivity contribution in [2.45, 2.75) is 43.9 Å². The fraction of sp³-hybridized carbons (Fsp3) is 0.611. The molecular formula is C18H22F2N4O. The van der Waals surface area contributed by atoms with Gasteiger partial charge in [-0.1, -0.05) is 0 Å². The van der Waals surface area contributed by atoms with Crippen LogP contribution in [0, 0.1) is 11.6 Å². The average molecular weight is 348 g/mol. The van der Waals surface area contributed by atoms with Crippen LogP contribution in [-0.2, 0) is 6.54 Å². The summed E-state index contributed by atoms with van der Waals surface area (Å²) in [5.41, 5.74) is 0.607. The van der Waals surface area contributed by atoms with Crippen LogP contribution in [-0.4, -0.2) is 55.1 Å². The smallest absolute Gasteiger partial charge is 0.255 e. The van der Waals surface area contributed by atoms with Crippen molar-refractivity contribution in [2.24, 2.45) is 0 Å². The van der Waals surface area contributed by atoms with E-state index >= 15 is 4.39 Å². The highest BCUT2D eigenvalue weighted by molar-refractivity contribution is 5.99. The van der Waals surface area contributed by atoms with Gasteiger partial charge in [-0.3, -0.25) is 4.79 Å². The second-order valence-corrected chi connectivity index (χ2v) is 7.68. The number of carbonyl (C=O) groups excluding carboxylic acids is 1. The van der Waals surface area contributed by atoms with Gasteiger partial charge in [0, 0.05) is 43.3 Å². The Morgan fingerprint density at radius 2 is 1.96 bits per heavy atom. The molecule has 3 unspecified atom stereocenters. The molecule has 1 amide bonds. The fourth-order valence-electron chi connectivity index (χ4n) is 4.77. The van der Waals surface area contributed by atoms with Crippen molar-refractivity contribution in [3.8, 4) is 0 Å². The largest absolute Gasteiger partial charge is 0.364 e. The second-order valence-electron chi connectivity index (χ2n) is 7.68. The van der Waals surface area contributed by atoms with Crippen LogP contribution in [0.5, 0.6) is 0 Å². The zero-order chi connectivity index (χ0) is 17.1. The van der Waals surface area contributed by atoms with Crippen LogP contribution >= 0.6 is 0 Å². The van der Waals surface area contributed by atoms with Crippen molar-refractivity contribution in [3.63, 3.8) is 0 Å². The van der Waals surface area contributed by atoms with E-state index in [1.165, 1.54) is 6.07 Å². The van der Waals surface area contributed by atoms with E-state index in [1.54, 1.807) is 9.80 Å². The second kappa shape index (κ2) is 5.64. The molecule has 0 spiro atoms. The standard InChI is InChI=1S/C18H22F2N4O/c19-15-5-13-14(9-24(18(13)25)12-2-1-3-21-6-12)16(20)17(15)23-7-10-4-11(8-23)22-10/h5,10-12,21-22H,1-4,6-9H2. The minimum absolute atomic E-state index is 0.0476. The first-order valence-electron chi connectivity index (χ1n) is 9.15. The minimum Gasteiger partial charge on any atom is -0.364 e. The molecule has 134 valence electrons. The van der Waals surface area contributed by atoms with Crippen LogP contribution < -0.4 is 15.5 Å². The van der Waals surface area contributed by atoms with E-state index in [4.69, 9.17) is 0 Å². The molecule has 5 heterocycles. The van der Waals surface area contributed by atoms with E-state index in [1.807, 2.05) is 0 Å². The molecule has 5 aliphatic rings. The van der Waals surface area contributed by atoms with Crippen LogP contribution in [0.2, 0.25) is 0 Å². The van der Waals surface area contributed by atoms with Gasteiger partial charge in [0.1, 0.15) is 11.5 Å². The van der Waals surface area contributed by atoms with Gasteiger partial charge in [0.05, 0.1) is 12.1 Å². The normalized spacial score (nSPS) is 31.1. The Morgan fingerprint density at radius 3 is 2.64 bits per heavy atom. The maximum atomic E-state index is 15.2. The molecule has 4 saturated heterocycles. The number of piperidine rings is 2. The van der Waals surface area contributed by atoms with Crippen LogP contribution in [0.3, 0.4) is 0 Å². The van der Waals surface area contributed by atoms with Crippen LogP contribution in [0.4, 0.5) is 14.5 Å². The van der Waals surface area contributed by atoms with Crippen molar-refractivity contribution >= 4 is 11.6 Å². The van der Waals surface area contributed by atoms with E-state index in [9.17, 15) is 9.18 Å². The monoisotopic (exact) mass is 348 g/mol. The lowest BCUT2D eigenvalue weighted by atomic mass is 9.90. The Balaban J connectivity index is 1.47.